The van der Waals surface area contributed by atoms with Crippen LogP contribution in [0.4, 0.5) is 11.4 Å². The molecule has 0 radical (unpaired) electrons. The number of nitrogens with zero attached hydrogens (tertiary/aromatic N) is 3. The first-order valence-electron chi connectivity index (χ1n) is 5.08. The second kappa shape index (κ2) is 3.68. The zero-order chi connectivity index (χ0) is 11.9. The topological polar surface area (TPSA) is 43.3 Å². The van der Waals surface area contributed by atoms with Crippen LogP contribution in [-0.4, -0.2) is 37.0 Å². The Kier molecular flexibility index (Phi) is 2.59. The smallest absolute Gasteiger partial charge is 0.160 e. The first-order valence-corrected chi connectivity index (χ1v) is 6.30. The Bertz CT molecular complexity index is 524. The van der Waals surface area contributed by atoms with Crippen LogP contribution in [0.25, 0.3) is 5.52 Å². The van der Waals surface area contributed by atoms with Gasteiger partial charge in [0.1, 0.15) is 5.03 Å². The van der Waals surface area contributed by atoms with Crippen molar-refractivity contribution in [2.24, 2.45) is 0 Å². The number of aromatic nitrogens is 2. The molecular formula is C11H17N4S+. The Morgan fingerprint density at radius 1 is 1.38 bits per heavy atom. The highest BCUT2D eigenvalue weighted by atomic mass is 32.2. The second-order valence-corrected chi connectivity index (χ2v) is 5.42. The Morgan fingerprint density at radius 2 is 2.06 bits per heavy atom. The van der Waals surface area contributed by atoms with E-state index in [1.165, 1.54) is 5.69 Å². The molecule has 0 bridgehead atoms. The zero-order valence-electron chi connectivity index (χ0n) is 10.1. The number of thioether (sulfide) groups is 1. The van der Waals surface area contributed by atoms with E-state index in [1.54, 1.807) is 11.8 Å². The highest BCUT2D eigenvalue weighted by Crippen LogP contribution is 2.33. The first-order chi connectivity index (χ1) is 7.45. The summed E-state index contributed by atoms with van der Waals surface area (Å²) in [6.07, 6.45) is 3.92. The molecule has 2 aromatic heterocycles. The zero-order valence-corrected chi connectivity index (χ0v) is 10.9. The van der Waals surface area contributed by atoms with E-state index in [2.05, 4.69) is 32.3 Å². The summed E-state index contributed by atoms with van der Waals surface area (Å²) in [4.78, 5) is 0. The summed E-state index contributed by atoms with van der Waals surface area (Å²) in [5.41, 5.74) is 9.09. The lowest BCUT2D eigenvalue weighted by atomic mass is 10.2. The van der Waals surface area contributed by atoms with E-state index in [0.717, 1.165) is 20.7 Å². The number of fused-ring (bicyclic) bond motifs is 1. The molecule has 0 unspecified atom stereocenters. The van der Waals surface area contributed by atoms with Gasteiger partial charge in [-0.1, -0.05) is 0 Å². The minimum atomic E-state index is 0.730. The Hall–Kier alpha value is -1.20. The lowest BCUT2D eigenvalue weighted by Gasteiger charge is -2.24. The number of nitrogen functional groups attached to an aromatic ring is 1. The highest BCUT2D eigenvalue weighted by molar-refractivity contribution is 7.98. The fourth-order valence-electron chi connectivity index (χ4n) is 1.78. The van der Waals surface area contributed by atoms with Crippen LogP contribution in [0.5, 0.6) is 0 Å². The molecule has 0 saturated carbocycles. The molecule has 4 nitrogen and oxygen atoms in total. The summed E-state index contributed by atoms with van der Waals surface area (Å²) in [5.74, 6) is 0. The van der Waals surface area contributed by atoms with Crippen LogP contribution in [0.15, 0.2) is 23.4 Å². The van der Waals surface area contributed by atoms with Crippen molar-refractivity contribution in [3.8, 4) is 0 Å². The molecule has 2 N–H and O–H groups in total. The number of quaternary nitrogens is 1. The van der Waals surface area contributed by atoms with Crippen LogP contribution in [0, 0.1) is 0 Å². The molecule has 0 aliphatic heterocycles. The molecule has 0 aromatic carbocycles. The van der Waals surface area contributed by atoms with Gasteiger partial charge in [0.05, 0.1) is 26.8 Å². The molecule has 0 saturated heterocycles. The van der Waals surface area contributed by atoms with Gasteiger partial charge in [0.2, 0.25) is 0 Å². The summed E-state index contributed by atoms with van der Waals surface area (Å²) in [6, 6.07) is 4.10. The summed E-state index contributed by atoms with van der Waals surface area (Å²) in [7, 11) is 6.38. The third-order valence-corrected chi connectivity index (χ3v) is 3.24. The highest BCUT2D eigenvalue weighted by Gasteiger charge is 2.21. The average molecular weight is 237 g/mol. The predicted octanol–water partition coefficient (Wildman–Crippen LogP) is 1.84. The maximum Gasteiger partial charge on any atom is 0.160 e. The van der Waals surface area contributed by atoms with Gasteiger partial charge in [-0.25, -0.2) is 4.52 Å². The van der Waals surface area contributed by atoms with Gasteiger partial charge in [0.25, 0.3) is 0 Å². The van der Waals surface area contributed by atoms with Crippen LogP contribution < -0.4 is 10.2 Å². The van der Waals surface area contributed by atoms with E-state index in [4.69, 9.17) is 5.73 Å². The lowest BCUT2D eigenvalue weighted by molar-refractivity contribution is 0.488. The van der Waals surface area contributed by atoms with Gasteiger partial charge < -0.3 is 5.73 Å². The van der Waals surface area contributed by atoms with E-state index < -0.39 is 0 Å². The van der Waals surface area contributed by atoms with Crippen molar-refractivity contribution in [1.29, 1.82) is 0 Å². The van der Waals surface area contributed by atoms with E-state index >= 15 is 0 Å². The SMILES string of the molecule is CSc1nn2cccc([N+](C)(C)C)c2c1N. The van der Waals surface area contributed by atoms with Crippen molar-refractivity contribution in [1.82, 2.24) is 14.1 Å². The maximum absolute atomic E-state index is 6.13. The van der Waals surface area contributed by atoms with Gasteiger partial charge in [-0.15, -0.1) is 11.8 Å². The molecule has 2 heterocycles. The van der Waals surface area contributed by atoms with Crippen LogP contribution in [0.1, 0.15) is 0 Å². The van der Waals surface area contributed by atoms with Gasteiger partial charge >= 0.3 is 0 Å². The van der Waals surface area contributed by atoms with Crippen LogP contribution >= 0.6 is 11.8 Å². The normalized spacial score (nSPS) is 12.2. The number of hydrogen-bond acceptors (Lipinski definition) is 3. The summed E-state index contributed by atoms with van der Waals surface area (Å²) < 4.78 is 2.59. The molecule has 0 aliphatic rings. The van der Waals surface area contributed by atoms with Crippen molar-refractivity contribution in [2.45, 2.75) is 5.03 Å². The number of hydrogen-bond donors (Lipinski definition) is 1. The minimum absolute atomic E-state index is 0.730. The molecule has 2 rings (SSSR count). The van der Waals surface area contributed by atoms with E-state index in [-0.39, 0.29) is 0 Å². The molecule has 0 fully saturated rings. The Balaban J connectivity index is 2.81. The quantitative estimate of drug-likeness (QED) is 0.640. The molecule has 0 aliphatic carbocycles. The van der Waals surface area contributed by atoms with Crippen LogP contribution in [0.3, 0.4) is 0 Å². The molecule has 0 spiro atoms. The Morgan fingerprint density at radius 3 is 2.62 bits per heavy atom. The van der Waals surface area contributed by atoms with Crippen molar-refractivity contribution in [2.75, 3.05) is 33.1 Å². The predicted molar refractivity (Wildman–Crippen MR) is 71.0 cm³/mol. The molecule has 0 atom stereocenters. The van der Waals surface area contributed by atoms with Crippen LogP contribution in [0.2, 0.25) is 0 Å². The summed E-state index contributed by atoms with van der Waals surface area (Å²) in [6.45, 7) is 0. The van der Waals surface area contributed by atoms with E-state index in [9.17, 15) is 0 Å². The van der Waals surface area contributed by atoms with Gasteiger partial charge in [0, 0.05) is 12.3 Å². The van der Waals surface area contributed by atoms with E-state index in [0.29, 0.717) is 0 Å². The third-order valence-electron chi connectivity index (χ3n) is 2.55. The van der Waals surface area contributed by atoms with Crippen molar-refractivity contribution in [3.63, 3.8) is 0 Å². The number of nitrogens with two attached hydrogens (primary N) is 1. The molecule has 0 amide bonds. The number of anilines is 1. The largest absolute Gasteiger partial charge is 0.395 e. The van der Waals surface area contributed by atoms with Gasteiger partial charge in [-0.05, 0) is 12.3 Å². The fraction of sp³-hybridized carbons (Fsp3) is 0.364. The molecular weight excluding hydrogens is 220 g/mol. The number of rotatable bonds is 2. The van der Waals surface area contributed by atoms with Crippen molar-refractivity contribution in [3.05, 3.63) is 18.3 Å². The molecule has 5 heteroatoms. The van der Waals surface area contributed by atoms with Crippen molar-refractivity contribution < 1.29 is 0 Å². The lowest BCUT2D eigenvalue weighted by Crippen LogP contribution is -2.35. The van der Waals surface area contributed by atoms with Gasteiger partial charge in [-0.2, -0.15) is 5.10 Å². The van der Waals surface area contributed by atoms with E-state index in [1.807, 2.05) is 23.0 Å². The second-order valence-electron chi connectivity index (χ2n) is 4.62. The fourth-order valence-corrected chi connectivity index (χ4v) is 2.26. The maximum atomic E-state index is 6.13. The summed E-state index contributed by atoms with van der Waals surface area (Å²) in [5, 5.41) is 5.34. The average Bonchev–Trinajstić information content (AvgIpc) is 2.54. The minimum Gasteiger partial charge on any atom is -0.395 e. The third kappa shape index (κ3) is 1.66. The van der Waals surface area contributed by atoms with Gasteiger partial charge in [0.15, 0.2) is 11.2 Å². The van der Waals surface area contributed by atoms with Crippen LogP contribution in [-0.2, 0) is 0 Å². The molecule has 86 valence electrons. The van der Waals surface area contributed by atoms with Crippen molar-refractivity contribution >= 4 is 28.7 Å². The molecule has 2 aromatic rings. The Labute approximate surface area is 99.6 Å². The first kappa shape index (κ1) is 11.3. The standard InChI is InChI=1S/C11H17N4S/c1-15(2,3)8-6-5-7-14-10(8)9(12)11(13-14)16-4/h5-7H,12H2,1-4H3/q+1. The number of pyridine rings is 1. The summed E-state index contributed by atoms with van der Waals surface area (Å²) >= 11 is 1.58. The van der Waals surface area contributed by atoms with Gasteiger partial charge in [-0.3, -0.25) is 4.48 Å². The molecule has 16 heavy (non-hydrogen) atoms. The monoisotopic (exact) mass is 237 g/mol.